The van der Waals surface area contributed by atoms with Crippen LogP contribution in [0.3, 0.4) is 0 Å². The van der Waals surface area contributed by atoms with Gasteiger partial charge in [-0.15, -0.1) is 0 Å². The molecule has 2 aromatic rings. The molecule has 40 heavy (non-hydrogen) atoms. The number of ether oxygens (including phenoxy) is 1. The molecule has 2 unspecified atom stereocenters. The Hall–Kier alpha value is -2.97. The second-order valence-electron chi connectivity index (χ2n) is 10.6. The number of carbonyl (C=O) groups excluding carboxylic acids is 3. The van der Waals surface area contributed by atoms with Crippen molar-refractivity contribution in [2.24, 2.45) is 0 Å². The quantitative estimate of drug-likeness (QED) is 0.258. The minimum atomic E-state index is -0.980. The molecule has 2 rings (SSSR count). The highest BCUT2D eigenvalue weighted by Crippen LogP contribution is 2.30. The number of unbranched alkanes of at least 4 members (excludes halogenated alkanes) is 1. The number of hydrogen-bond acceptors (Lipinski definition) is 5. The van der Waals surface area contributed by atoms with Crippen LogP contribution >= 0.6 is 23.4 Å². The van der Waals surface area contributed by atoms with Crippen molar-refractivity contribution in [3.05, 3.63) is 70.8 Å². The lowest BCUT2D eigenvalue weighted by molar-refractivity contribution is -0.141. The van der Waals surface area contributed by atoms with Crippen LogP contribution < -0.4 is 10.6 Å². The first-order valence-corrected chi connectivity index (χ1v) is 15.3. The number of thioether (sulfide) groups is 1. The minimum absolute atomic E-state index is 0.318. The topological polar surface area (TPSA) is 87.7 Å². The normalized spacial score (nSPS) is 12.7. The van der Waals surface area contributed by atoms with Crippen LogP contribution in [0.15, 0.2) is 49.0 Å². The maximum absolute atomic E-state index is 14.2. The standard InChI is InChI=1S/C31H42ClN3O4S/c1-8-10-18-35(29(37)25(17-19-40-7)33-30(38)39-31(4,5)6)27(23-15-12-14-22(9-2)20-23)28(36)34-26-21(3)13-11-16-24(26)32/h9,11-16,20,25,27H,2,8,10,17-19H2,1,3-7H3,(H,33,38)(H,34,36). The Labute approximate surface area is 248 Å². The zero-order valence-electron chi connectivity index (χ0n) is 24.4. The number of anilines is 1. The summed E-state index contributed by atoms with van der Waals surface area (Å²) in [5.74, 6) is -0.119. The van der Waals surface area contributed by atoms with Gasteiger partial charge in [0.15, 0.2) is 0 Å². The molecule has 0 aliphatic heterocycles. The van der Waals surface area contributed by atoms with E-state index in [0.29, 0.717) is 41.4 Å². The maximum atomic E-state index is 14.2. The minimum Gasteiger partial charge on any atom is -0.444 e. The highest BCUT2D eigenvalue weighted by molar-refractivity contribution is 7.98. The average molecular weight is 588 g/mol. The summed E-state index contributed by atoms with van der Waals surface area (Å²) in [4.78, 5) is 42.6. The maximum Gasteiger partial charge on any atom is 0.408 e. The molecular weight excluding hydrogens is 546 g/mol. The number of rotatable bonds is 13. The van der Waals surface area contributed by atoms with E-state index in [-0.39, 0.29) is 5.91 Å². The molecule has 9 heteroatoms. The van der Waals surface area contributed by atoms with Crippen molar-refractivity contribution >= 4 is 53.0 Å². The molecule has 0 heterocycles. The van der Waals surface area contributed by atoms with Crippen molar-refractivity contribution in [3.63, 3.8) is 0 Å². The van der Waals surface area contributed by atoms with Gasteiger partial charge in [0, 0.05) is 6.54 Å². The number of amides is 3. The Bertz CT molecular complexity index is 1160. The first kappa shape index (κ1) is 33.2. The number of para-hydroxylation sites is 1. The summed E-state index contributed by atoms with van der Waals surface area (Å²) in [7, 11) is 0. The third-order valence-electron chi connectivity index (χ3n) is 6.13. The molecular formula is C31H42ClN3O4S. The van der Waals surface area contributed by atoms with E-state index in [4.69, 9.17) is 16.3 Å². The summed E-state index contributed by atoms with van der Waals surface area (Å²) < 4.78 is 5.45. The van der Waals surface area contributed by atoms with Gasteiger partial charge in [0.05, 0.1) is 10.7 Å². The molecule has 0 saturated carbocycles. The molecule has 0 aliphatic carbocycles. The van der Waals surface area contributed by atoms with Crippen molar-refractivity contribution in [2.75, 3.05) is 23.9 Å². The number of aryl methyl sites for hydroxylation is 1. The highest BCUT2D eigenvalue weighted by atomic mass is 35.5. The molecule has 218 valence electrons. The van der Waals surface area contributed by atoms with E-state index < -0.39 is 29.7 Å². The zero-order chi connectivity index (χ0) is 29.9. The molecule has 7 nitrogen and oxygen atoms in total. The lowest BCUT2D eigenvalue weighted by Gasteiger charge is -2.35. The molecule has 0 bridgehead atoms. The molecule has 0 spiro atoms. The van der Waals surface area contributed by atoms with E-state index in [1.165, 1.54) is 0 Å². The van der Waals surface area contributed by atoms with Gasteiger partial charge >= 0.3 is 6.09 Å². The first-order chi connectivity index (χ1) is 18.9. The average Bonchev–Trinajstić information content (AvgIpc) is 2.89. The molecule has 0 fully saturated rings. The number of carbonyl (C=O) groups is 3. The summed E-state index contributed by atoms with van der Waals surface area (Å²) in [5, 5.41) is 6.15. The number of nitrogens with zero attached hydrogens (tertiary/aromatic N) is 1. The molecule has 0 aliphatic rings. The van der Waals surface area contributed by atoms with E-state index in [9.17, 15) is 14.4 Å². The number of hydrogen-bond donors (Lipinski definition) is 2. The number of halogens is 1. The van der Waals surface area contributed by atoms with E-state index >= 15 is 0 Å². The van der Waals surface area contributed by atoms with Crippen LogP contribution in [0.1, 0.15) is 69.7 Å². The second kappa shape index (κ2) is 15.7. The third kappa shape index (κ3) is 9.89. The fourth-order valence-corrected chi connectivity index (χ4v) is 4.89. The van der Waals surface area contributed by atoms with Gasteiger partial charge in [0.25, 0.3) is 5.91 Å². The van der Waals surface area contributed by atoms with Crippen molar-refractivity contribution in [1.29, 1.82) is 0 Å². The van der Waals surface area contributed by atoms with Crippen LogP contribution in [-0.4, -0.2) is 53.0 Å². The Morgan fingerprint density at radius 2 is 1.88 bits per heavy atom. The summed E-state index contributed by atoms with van der Waals surface area (Å²) in [5.41, 5.74) is 2.02. The molecule has 2 aromatic carbocycles. The van der Waals surface area contributed by atoms with Gasteiger partial charge in [0.1, 0.15) is 17.7 Å². The fraction of sp³-hybridized carbons (Fsp3) is 0.452. The Morgan fingerprint density at radius 3 is 2.48 bits per heavy atom. The smallest absolute Gasteiger partial charge is 0.408 e. The van der Waals surface area contributed by atoms with Gasteiger partial charge in [-0.2, -0.15) is 11.8 Å². The molecule has 2 N–H and O–H groups in total. The van der Waals surface area contributed by atoms with Crippen LogP contribution in [0.4, 0.5) is 10.5 Å². The van der Waals surface area contributed by atoms with Crippen molar-refractivity contribution in [3.8, 4) is 0 Å². The SMILES string of the molecule is C=Cc1cccc(C(C(=O)Nc2c(C)cccc2Cl)N(CCCC)C(=O)C(CCSC)NC(=O)OC(C)(C)C)c1. The third-order valence-corrected chi connectivity index (χ3v) is 7.09. The van der Waals surface area contributed by atoms with Gasteiger partial charge in [-0.25, -0.2) is 4.79 Å². The van der Waals surface area contributed by atoms with Crippen molar-refractivity contribution in [2.45, 2.75) is 71.6 Å². The monoisotopic (exact) mass is 587 g/mol. The number of alkyl carbamates (subject to hydrolysis) is 1. The summed E-state index contributed by atoms with van der Waals surface area (Å²) in [6.07, 6.45) is 4.82. The van der Waals surface area contributed by atoms with Gasteiger partial charge in [-0.1, -0.05) is 67.9 Å². The van der Waals surface area contributed by atoms with Crippen LogP contribution in [-0.2, 0) is 14.3 Å². The van der Waals surface area contributed by atoms with Crippen LogP contribution in [0, 0.1) is 6.92 Å². The summed E-state index contributed by atoms with van der Waals surface area (Å²) in [6.45, 7) is 13.4. The van der Waals surface area contributed by atoms with Crippen molar-refractivity contribution in [1.82, 2.24) is 10.2 Å². The predicted octanol–water partition coefficient (Wildman–Crippen LogP) is 7.25. The van der Waals surface area contributed by atoms with Gasteiger partial charge in [0.2, 0.25) is 5.91 Å². The van der Waals surface area contributed by atoms with Crippen molar-refractivity contribution < 1.29 is 19.1 Å². The van der Waals surface area contributed by atoms with E-state index in [0.717, 1.165) is 17.5 Å². The van der Waals surface area contributed by atoms with Gasteiger partial charge in [-0.05, 0) is 81.4 Å². The molecule has 0 saturated heterocycles. The Kier molecular flexibility index (Phi) is 13.1. The van der Waals surface area contributed by atoms with Crippen LogP contribution in [0.25, 0.3) is 6.08 Å². The lowest BCUT2D eigenvalue weighted by atomic mass is 9.99. The first-order valence-electron chi connectivity index (χ1n) is 13.5. The number of benzene rings is 2. The fourth-order valence-electron chi connectivity index (χ4n) is 4.15. The Balaban J connectivity index is 2.59. The predicted molar refractivity (Wildman–Crippen MR) is 167 cm³/mol. The summed E-state index contributed by atoms with van der Waals surface area (Å²) >= 11 is 8.01. The lowest BCUT2D eigenvalue weighted by Crippen LogP contribution is -2.52. The zero-order valence-corrected chi connectivity index (χ0v) is 26.0. The Morgan fingerprint density at radius 1 is 1.18 bits per heavy atom. The van der Waals surface area contributed by atoms with E-state index in [2.05, 4.69) is 17.2 Å². The van der Waals surface area contributed by atoms with E-state index in [1.54, 1.807) is 49.6 Å². The van der Waals surface area contributed by atoms with Gasteiger partial charge in [-0.3, -0.25) is 9.59 Å². The second-order valence-corrected chi connectivity index (χ2v) is 12.0. The molecule has 0 aromatic heterocycles. The molecule has 3 amide bonds. The van der Waals surface area contributed by atoms with Crippen LogP contribution in [0.2, 0.25) is 5.02 Å². The van der Waals surface area contributed by atoms with Crippen LogP contribution in [0.5, 0.6) is 0 Å². The molecule has 0 radical (unpaired) electrons. The molecule has 2 atom stereocenters. The summed E-state index contributed by atoms with van der Waals surface area (Å²) in [6, 6.07) is 10.9. The van der Waals surface area contributed by atoms with E-state index in [1.807, 2.05) is 56.5 Å². The van der Waals surface area contributed by atoms with Gasteiger partial charge < -0.3 is 20.3 Å². The number of nitrogens with one attached hydrogen (secondary N) is 2. The highest BCUT2D eigenvalue weighted by Gasteiger charge is 2.36. The largest absolute Gasteiger partial charge is 0.444 e.